The van der Waals surface area contributed by atoms with Gasteiger partial charge in [0.2, 0.25) is 0 Å². The van der Waals surface area contributed by atoms with Crippen molar-refractivity contribution in [2.24, 2.45) is 7.05 Å². The summed E-state index contributed by atoms with van der Waals surface area (Å²) in [6.07, 6.45) is -4.81. The first-order valence-electron chi connectivity index (χ1n) is 3.62. The molecule has 1 heterocycles. The van der Waals surface area contributed by atoms with E-state index in [9.17, 15) is 18.0 Å². The summed E-state index contributed by atoms with van der Waals surface area (Å²) in [6.45, 7) is 0. The van der Waals surface area contributed by atoms with Gasteiger partial charge in [0.1, 0.15) is 5.56 Å². The Morgan fingerprint density at radius 2 is 2.21 bits per heavy atom. The van der Waals surface area contributed by atoms with E-state index < -0.39 is 24.1 Å². The monoisotopic (exact) mass is 208 g/mol. The van der Waals surface area contributed by atoms with Gasteiger partial charge in [0.25, 0.3) is 0 Å². The summed E-state index contributed by atoms with van der Waals surface area (Å²) in [4.78, 5) is 10.5. The first-order valence-corrected chi connectivity index (χ1v) is 3.62. The van der Waals surface area contributed by atoms with Crippen LogP contribution in [-0.4, -0.2) is 27.0 Å². The van der Waals surface area contributed by atoms with Crippen LogP contribution in [0.25, 0.3) is 0 Å². The Bertz CT molecular complexity index is 356. The zero-order valence-electron chi connectivity index (χ0n) is 7.17. The molecule has 7 heteroatoms. The lowest BCUT2D eigenvalue weighted by Gasteiger charge is -2.07. The van der Waals surface area contributed by atoms with E-state index in [1.807, 2.05) is 0 Å². The van der Waals surface area contributed by atoms with Crippen molar-refractivity contribution in [1.29, 1.82) is 0 Å². The number of hydrogen-bond donors (Lipinski definition) is 1. The van der Waals surface area contributed by atoms with E-state index in [4.69, 9.17) is 5.11 Å². The highest BCUT2D eigenvalue weighted by molar-refractivity contribution is 5.88. The van der Waals surface area contributed by atoms with Gasteiger partial charge in [-0.3, -0.25) is 4.68 Å². The van der Waals surface area contributed by atoms with Crippen molar-refractivity contribution in [1.82, 2.24) is 9.78 Å². The Hall–Kier alpha value is -1.53. The topological polar surface area (TPSA) is 55.1 Å². The van der Waals surface area contributed by atoms with Crippen LogP contribution >= 0.6 is 0 Å². The molecule has 14 heavy (non-hydrogen) atoms. The quantitative estimate of drug-likeness (QED) is 0.795. The van der Waals surface area contributed by atoms with Gasteiger partial charge in [0.15, 0.2) is 0 Å². The number of nitrogens with zero attached hydrogens (tertiary/aromatic N) is 2. The van der Waals surface area contributed by atoms with E-state index >= 15 is 0 Å². The Labute approximate surface area is 77.0 Å². The third-order valence-electron chi connectivity index (χ3n) is 1.66. The van der Waals surface area contributed by atoms with Gasteiger partial charge in [0.05, 0.1) is 18.3 Å². The molecule has 1 aromatic heterocycles. The number of rotatable bonds is 2. The fourth-order valence-corrected chi connectivity index (χ4v) is 1.04. The first-order chi connectivity index (χ1) is 6.31. The summed E-state index contributed by atoms with van der Waals surface area (Å²) in [7, 11) is 1.27. The first kappa shape index (κ1) is 10.6. The molecule has 0 spiro atoms. The molecule has 0 unspecified atom stereocenters. The molecule has 0 aliphatic heterocycles. The molecule has 0 aliphatic carbocycles. The number of hydrogen-bond acceptors (Lipinski definition) is 2. The predicted octanol–water partition coefficient (Wildman–Crippen LogP) is 1.22. The fourth-order valence-electron chi connectivity index (χ4n) is 1.04. The Kier molecular flexibility index (Phi) is 2.50. The summed E-state index contributed by atoms with van der Waals surface area (Å²) in [5.41, 5.74) is -0.755. The van der Waals surface area contributed by atoms with Gasteiger partial charge in [0, 0.05) is 7.05 Å². The molecule has 0 amide bonds. The summed E-state index contributed by atoms with van der Waals surface area (Å²) in [5, 5.41) is 12.0. The molecule has 0 saturated heterocycles. The highest BCUT2D eigenvalue weighted by Crippen LogP contribution is 2.22. The van der Waals surface area contributed by atoms with Crippen LogP contribution < -0.4 is 0 Å². The predicted molar refractivity (Wildman–Crippen MR) is 39.9 cm³/mol. The number of alkyl halides is 3. The van der Waals surface area contributed by atoms with Gasteiger partial charge in [-0.2, -0.15) is 18.3 Å². The van der Waals surface area contributed by atoms with Crippen molar-refractivity contribution in [2.75, 3.05) is 0 Å². The molecule has 0 fully saturated rings. The Morgan fingerprint density at radius 3 is 2.64 bits per heavy atom. The highest BCUT2D eigenvalue weighted by Gasteiger charge is 2.32. The van der Waals surface area contributed by atoms with Gasteiger partial charge in [-0.25, -0.2) is 4.79 Å². The molecule has 78 valence electrons. The van der Waals surface area contributed by atoms with Crippen LogP contribution in [0.2, 0.25) is 0 Å². The van der Waals surface area contributed by atoms with Crippen LogP contribution in [0.5, 0.6) is 0 Å². The number of carboxylic acid groups (broad SMARTS) is 1. The Morgan fingerprint density at radius 1 is 1.64 bits per heavy atom. The van der Waals surface area contributed by atoms with Crippen LogP contribution in [0.15, 0.2) is 6.20 Å². The van der Waals surface area contributed by atoms with Crippen LogP contribution in [0.3, 0.4) is 0 Å². The summed E-state index contributed by atoms with van der Waals surface area (Å²) >= 11 is 0. The van der Waals surface area contributed by atoms with Crippen molar-refractivity contribution < 1.29 is 23.1 Å². The second kappa shape index (κ2) is 3.32. The minimum Gasteiger partial charge on any atom is -0.478 e. The molecule has 0 radical (unpaired) electrons. The van der Waals surface area contributed by atoms with Crippen molar-refractivity contribution in [3.8, 4) is 0 Å². The van der Waals surface area contributed by atoms with Crippen LogP contribution in [-0.2, 0) is 13.5 Å². The third-order valence-corrected chi connectivity index (χ3v) is 1.66. The minimum atomic E-state index is -4.43. The maximum absolute atomic E-state index is 12.0. The van der Waals surface area contributed by atoms with E-state index in [0.29, 0.717) is 0 Å². The maximum atomic E-state index is 12.0. The number of carbonyl (C=O) groups is 1. The number of aryl methyl sites for hydroxylation is 1. The van der Waals surface area contributed by atoms with Crippen molar-refractivity contribution in [3.63, 3.8) is 0 Å². The normalized spacial score (nSPS) is 11.7. The van der Waals surface area contributed by atoms with Crippen molar-refractivity contribution in [2.45, 2.75) is 12.6 Å². The van der Waals surface area contributed by atoms with Crippen LogP contribution in [0.1, 0.15) is 16.1 Å². The highest BCUT2D eigenvalue weighted by atomic mass is 19.4. The summed E-state index contributed by atoms with van der Waals surface area (Å²) in [6, 6.07) is 0. The molecule has 4 nitrogen and oxygen atoms in total. The fraction of sp³-hybridized carbons (Fsp3) is 0.429. The van der Waals surface area contributed by atoms with Crippen LogP contribution in [0, 0.1) is 0 Å². The molecular weight excluding hydrogens is 201 g/mol. The smallest absolute Gasteiger partial charge is 0.394 e. The lowest BCUT2D eigenvalue weighted by Crippen LogP contribution is -2.17. The molecule has 1 rings (SSSR count). The molecule has 0 atom stereocenters. The lowest BCUT2D eigenvalue weighted by molar-refractivity contribution is -0.128. The molecule has 1 aromatic rings. The van der Waals surface area contributed by atoms with Crippen molar-refractivity contribution >= 4 is 5.97 Å². The second-order valence-corrected chi connectivity index (χ2v) is 2.73. The average molecular weight is 208 g/mol. The van der Waals surface area contributed by atoms with E-state index in [1.165, 1.54) is 7.05 Å². The SMILES string of the molecule is Cn1ncc(C(=O)O)c1CC(F)(F)F. The lowest BCUT2D eigenvalue weighted by atomic mass is 10.2. The molecular formula is C7H7F3N2O2. The molecule has 0 aliphatic rings. The van der Waals surface area contributed by atoms with Gasteiger partial charge in [-0.15, -0.1) is 0 Å². The largest absolute Gasteiger partial charge is 0.478 e. The minimum absolute atomic E-state index is 0.343. The Balaban J connectivity index is 3.06. The third kappa shape index (κ3) is 2.24. The van der Waals surface area contributed by atoms with Gasteiger partial charge in [-0.05, 0) is 0 Å². The molecule has 0 aromatic carbocycles. The zero-order valence-corrected chi connectivity index (χ0v) is 7.17. The molecule has 1 N–H and O–H groups in total. The van der Waals surface area contributed by atoms with Gasteiger partial charge < -0.3 is 5.11 Å². The standard InChI is InChI=1S/C7H7F3N2O2/c1-12-5(2-7(8,9)10)4(3-11-12)6(13)14/h3H,2H2,1H3,(H,13,14). The average Bonchev–Trinajstić information content (AvgIpc) is 2.29. The van der Waals surface area contributed by atoms with E-state index in [1.54, 1.807) is 0 Å². The molecule has 0 bridgehead atoms. The van der Waals surface area contributed by atoms with E-state index in [-0.39, 0.29) is 5.69 Å². The zero-order chi connectivity index (χ0) is 10.9. The van der Waals surface area contributed by atoms with Crippen molar-refractivity contribution in [3.05, 3.63) is 17.5 Å². The van der Waals surface area contributed by atoms with E-state index in [2.05, 4.69) is 5.10 Å². The van der Waals surface area contributed by atoms with E-state index in [0.717, 1.165) is 10.9 Å². The van der Waals surface area contributed by atoms with Crippen LogP contribution in [0.4, 0.5) is 13.2 Å². The number of halogens is 3. The maximum Gasteiger partial charge on any atom is 0.394 e. The second-order valence-electron chi connectivity index (χ2n) is 2.73. The molecule has 0 saturated carbocycles. The van der Waals surface area contributed by atoms with Gasteiger partial charge >= 0.3 is 12.1 Å². The van der Waals surface area contributed by atoms with Gasteiger partial charge in [-0.1, -0.05) is 0 Å². The number of aromatic nitrogens is 2. The summed E-state index contributed by atoms with van der Waals surface area (Å²) in [5.74, 6) is -1.41. The number of aromatic carboxylic acids is 1. The summed E-state index contributed by atoms with van der Waals surface area (Å²) < 4.78 is 36.9. The number of carboxylic acids is 1.